The minimum absolute atomic E-state index is 0.0557. The highest BCUT2D eigenvalue weighted by Crippen LogP contribution is 2.55. The Morgan fingerprint density at radius 2 is 1.85 bits per heavy atom. The number of hydrogen-bond donors (Lipinski definition) is 2. The zero-order chi connectivity index (χ0) is 29.0. The van der Waals surface area contributed by atoms with Crippen molar-refractivity contribution >= 4 is 23.7 Å². The number of hydrogen-bond acceptors (Lipinski definition) is 7. The second-order valence-electron chi connectivity index (χ2n) is 11.3. The van der Waals surface area contributed by atoms with Crippen LogP contribution in [0.3, 0.4) is 0 Å². The predicted octanol–water partition coefficient (Wildman–Crippen LogP) is 1.73. The lowest BCUT2D eigenvalue weighted by molar-refractivity contribution is -0.158. The van der Waals surface area contributed by atoms with Crippen LogP contribution >= 0.6 is 0 Å². The smallest absolute Gasteiger partial charge is 0.313 e. The number of nitrogens with one attached hydrogen (secondary N) is 1. The number of cyclic esters (lactones) is 1. The Kier molecular flexibility index (Phi) is 8.89. The molecular weight excluding hydrogens is 526 g/mol. The first-order valence-electron chi connectivity index (χ1n) is 14.6. The predicted molar refractivity (Wildman–Crippen MR) is 149 cm³/mol. The first-order valence-corrected chi connectivity index (χ1v) is 14.6. The van der Waals surface area contributed by atoms with Gasteiger partial charge in [-0.2, -0.15) is 0 Å². The van der Waals surface area contributed by atoms with Gasteiger partial charge in [0.05, 0.1) is 18.6 Å². The van der Waals surface area contributed by atoms with Crippen LogP contribution in [0, 0.1) is 11.8 Å². The van der Waals surface area contributed by atoms with Crippen molar-refractivity contribution in [1.82, 2.24) is 15.1 Å². The number of likely N-dealkylation sites (tertiary alicyclic amines) is 1. The van der Waals surface area contributed by atoms with Crippen LogP contribution in [0.25, 0.3) is 0 Å². The molecule has 10 nitrogen and oxygen atoms in total. The molecule has 220 valence electrons. The number of amides is 3. The molecule has 0 radical (unpaired) electrons. The fraction of sp³-hybridized carbons (Fsp3) is 0.548. The summed E-state index contributed by atoms with van der Waals surface area (Å²) in [5.41, 5.74) is -0.334. The molecule has 3 amide bonds. The monoisotopic (exact) mass is 565 g/mol. The second kappa shape index (κ2) is 12.6. The van der Waals surface area contributed by atoms with Crippen molar-refractivity contribution in [3.05, 3.63) is 60.2 Å². The van der Waals surface area contributed by atoms with Crippen LogP contribution in [0.1, 0.15) is 44.6 Å². The van der Waals surface area contributed by atoms with E-state index in [4.69, 9.17) is 9.47 Å². The summed E-state index contributed by atoms with van der Waals surface area (Å²) < 4.78 is 12.1. The summed E-state index contributed by atoms with van der Waals surface area (Å²) in [5, 5.41) is 12.1. The number of aliphatic hydroxyl groups excluding tert-OH is 1. The molecule has 0 saturated carbocycles. The summed E-state index contributed by atoms with van der Waals surface area (Å²) in [6.07, 6.45) is 8.74. The molecule has 2 saturated heterocycles. The summed E-state index contributed by atoms with van der Waals surface area (Å²) in [4.78, 5) is 57.7. The molecule has 1 aromatic carbocycles. The molecule has 0 aliphatic carbocycles. The van der Waals surface area contributed by atoms with Crippen LogP contribution in [0.5, 0.6) is 0 Å². The molecule has 4 heterocycles. The van der Waals surface area contributed by atoms with Gasteiger partial charge in [0.25, 0.3) is 0 Å². The van der Waals surface area contributed by atoms with E-state index in [-0.39, 0.29) is 43.8 Å². The maximum atomic E-state index is 14.5. The average Bonchev–Trinajstić information content (AvgIpc) is 3.60. The molecule has 41 heavy (non-hydrogen) atoms. The van der Waals surface area contributed by atoms with Crippen molar-refractivity contribution in [2.75, 3.05) is 26.2 Å². The largest absolute Gasteiger partial charge is 0.460 e. The van der Waals surface area contributed by atoms with E-state index in [1.807, 2.05) is 42.5 Å². The molecule has 2 N–H and O–H groups in total. The van der Waals surface area contributed by atoms with Crippen LogP contribution in [0.2, 0.25) is 0 Å². The molecule has 5 rings (SSSR count). The molecule has 2 fully saturated rings. The number of fused-ring (bicyclic) bond motifs is 2. The molecular formula is C31H39N3O7. The van der Waals surface area contributed by atoms with Gasteiger partial charge in [0.15, 0.2) is 0 Å². The Morgan fingerprint density at radius 1 is 1.05 bits per heavy atom. The summed E-state index contributed by atoms with van der Waals surface area (Å²) in [6, 6.07) is 8.69. The first kappa shape index (κ1) is 29.0. The van der Waals surface area contributed by atoms with Crippen molar-refractivity contribution in [2.24, 2.45) is 11.8 Å². The van der Waals surface area contributed by atoms with Crippen LogP contribution in [0.4, 0.5) is 0 Å². The lowest BCUT2D eigenvalue weighted by Crippen LogP contribution is -2.55. The third-order valence-electron chi connectivity index (χ3n) is 8.40. The lowest BCUT2D eigenvalue weighted by atomic mass is 9.74. The second-order valence-corrected chi connectivity index (χ2v) is 11.3. The number of carbonyl (C=O) groups excluding carboxylic acids is 4. The average molecular weight is 566 g/mol. The number of carbonyl (C=O) groups is 4. The van der Waals surface area contributed by atoms with Gasteiger partial charge in [0.2, 0.25) is 17.7 Å². The highest BCUT2D eigenvalue weighted by molar-refractivity contribution is 5.99. The van der Waals surface area contributed by atoms with Crippen molar-refractivity contribution in [3.8, 4) is 0 Å². The molecule has 4 aliphatic heterocycles. The standard InChI is InChI=1S/C31H39N3O7/c1-21-19-32-24(36)13-7-3-8-16-33(20-22-11-5-2-6-12-22)29(38)27-31-15-14-23(41-31)25(30(39)40-21)26(31)28(37)34(27)17-9-4-10-18-35/h2-3,5-6,8,11-12,14-15,21,23,25-27,35H,4,7,9-10,13,16-20H2,1H3,(H,32,36)/b8-3-/t21-,23+,25-,26-,27+,31-/m1/s1. The van der Waals surface area contributed by atoms with Crippen LogP contribution in [-0.4, -0.2) is 88.7 Å². The lowest BCUT2D eigenvalue weighted by Gasteiger charge is -2.36. The third-order valence-corrected chi connectivity index (χ3v) is 8.40. The minimum Gasteiger partial charge on any atom is -0.460 e. The van der Waals surface area contributed by atoms with Crippen molar-refractivity contribution in [3.63, 3.8) is 0 Å². The number of unbranched alkanes of at least 4 members (excludes halogenated alkanes) is 2. The summed E-state index contributed by atoms with van der Waals surface area (Å²) in [5.74, 6) is -3.05. The minimum atomic E-state index is -1.27. The van der Waals surface area contributed by atoms with Gasteiger partial charge in [-0.05, 0) is 38.2 Å². The maximum Gasteiger partial charge on any atom is 0.313 e. The van der Waals surface area contributed by atoms with Gasteiger partial charge in [-0.1, -0.05) is 54.6 Å². The normalized spacial score (nSPS) is 32.7. The van der Waals surface area contributed by atoms with Crippen LogP contribution in [0.15, 0.2) is 54.6 Å². The highest BCUT2D eigenvalue weighted by atomic mass is 16.6. The highest BCUT2D eigenvalue weighted by Gasteiger charge is 2.73. The van der Waals surface area contributed by atoms with Gasteiger partial charge in [0, 0.05) is 32.7 Å². The van der Waals surface area contributed by atoms with Gasteiger partial charge in [-0.3, -0.25) is 19.2 Å². The molecule has 5 bridgehead atoms. The SMILES string of the molecule is C[C@@H]1CNC(=O)CC/C=C\CN(Cc2ccccc2)C(=O)[C@@H]2N(CCCCCO)C(=O)[C@H]3[C@H](C(=O)O1)[C@@H]1C=C[C@]23O1. The number of esters is 1. The molecule has 4 aliphatic rings. The number of benzene rings is 1. The molecule has 1 spiro atoms. The molecule has 0 unspecified atom stereocenters. The number of ether oxygens (including phenoxy) is 2. The van der Waals surface area contributed by atoms with Crippen LogP contribution in [-0.2, 0) is 35.2 Å². The van der Waals surface area contributed by atoms with E-state index in [1.165, 1.54) is 0 Å². The Bertz CT molecular complexity index is 1200. The van der Waals surface area contributed by atoms with Crippen molar-refractivity contribution < 1.29 is 33.8 Å². The van der Waals surface area contributed by atoms with E-state index in [1.54, 1.807) is 28.9 Å². The van der Waals surface area contributed by atoms with Gasteiger partial charge in [0.1, 0.15) is 23.7 Å². The molecule has 1 aromatic rings. The fourth-order valence-corrected chi connectivity index (χ4v) is 6.44. The van der Waals surface area contributed by atoms with Crippen molar-refractivity contribution in [2.45, 2.75) is 69.4 Å². The first-order chi connectivity index (χ1) is 19.9. The van der Waals surface area contributed by atoms with Gasteiger partial charge < -0.3 is 29.7 Å². The Labute approximate surface area is 240 Å². The van der Waals surface area contributed by atoms with Gasteiger partial charge >= 0.3 is 5.97 Å². The summed E-state index contributed by atoms with van der Waals surface area (Å²) in [7, 11) is 0. The molecule has 0 aromatic heterocycles. The van der Waals surface area contributed by atoms with E-state index in [2.05, 4.69) is 5.32 Å². The zero-order valence-corrected chi connectivity index (χ0v) is 23.4. The van der Waals surface area contributed by atoms with E-state index in [9.17, 15) is 24.3 Å². The number of rotatable bonds is 7. The van der Waals surface area contributed by atoms with Crippen molar-refractivity contribution in [1.29, 1.82) is 0 Å². The third kappa shape index (κ3) is 5.81. The number of nitrogens with zero attached hydrogens (tertiary/aromatic N) is 2. The maximum absolute atomic E-state index is 14.5. The molecule has 6 atom stereocenters. The van der Waals surface area contributed by atoms with Gasteiger partial charge in [-0.15, -0.1) is 0 Å². The van der Waals surface area contributed by atoms with E-state index in [0.717, 1.165) is 5.56 Å². The summed E-state index contributed by atoms with van der Waals surface area (Å²) >= 11 is 0. The molecule has 10 heteroatoms. The fourth-order valence-electron chi connectivity index (χ4n) is 6.44. The van der Waals surface area contributed by atoms with Crippen LogP contribution < -0.4 is 5.32 Å². The topological polar surface area (TPSA) is 125 Å². The number of allylic oxidation sites excluding steroid dienone is 1. The quantitative estimate of drug-likeness (QED) is 0.293. The summed E-state index contributed by atoms with van der Waals surface area (Å²) in [6.45, 7) is 2.84. The Balaban J connectivity index is 1.52. The van der Waals surface area contributed by atoms with Gasteiger partial charge in [-0.25, -0.2) is 0 Å². The Morgan fingerprint density at radius 3 is 2.63 bits per heavy atom. The van der Waals surface area contributed by atoms with E-state index >= 15 is 0 Å². The number of aliphatic hydroxyl groups is 1. The van der Waals surface area contributed by atoms with E-state index in [0.29, 0.717) is 38.8 Å². The zero-order valence-electron chi connectivity index (χ0n) is 23.4. The Hall–Kier alpha value is -3.50. The van der Waals surface area contributed by atoms with E-state index < -0.39 is 41.7 Å².